The van der Waals surface area contributed by atoms with Crippen molar-refractivity contribution in [1.29, 1.82) is 0 Å². The average molecular weight is 420 g/mol. The van der Waals surface area contributed by atoms with Crippen molar-refractivity contribution in [2.45, 2.75) is 13.5 Å². The summed E-state index contributed by atoms with van der Waals surface area (Å²) in [5.41, 5.74) is 2.75. The molecular formula is C23H18ClN3O3. The van der Waals surface area contributed by atoms with Crippen molar-refractivity contribution in [2.75, 3.05) is 5.32 Å². The molecule has 2 aromatic carbocycles. The Hall–Kier alpha value is -3.64. The van der Waals surface area contributed by atoms with E-state index in [0.29, 0.717) is 33.4 Å². The highest BCUT2D eigenvalue weighted by molar-refractivity contribution is 6.34. The Morgan fingerprint density at radius 1 is 1.10 bits per heavy atom. The molecule has 4 aromatic rings. The standard InChI is InChI=1S/C23H18ClN3O3/c1-15-10-11-27-21(12-15)25-16(13-22(27)28)14-30-20-9-5-4-8-19(20)26-23(29)17-6-2-3-7-18(17)24/h2-13H,14H2,1H3,(H,26,29). The number of amides is 1. The predicted octanol–water partition coefficient (Wildman–Crippen LogP) is 4.49. The Kier molecular flexibility index (Phi) is 5.50. The van der Waals surface area contributed by atoms with Gasteiger partial charge in [-0.05, 0) is 48.9 Å². The van der Waals surface area contributed by atoms with E-state index in [2.05, 4.69) is 10.3 Å². The van der Waals surface area contributed by atoms with Crippen LogP contribution in [0.2, 0.25) is 5.02 Å². The lowest BCUT2D eigenvalue weighted by atomic mass is 10.2. The maximum absolute atomic E-state index is 12.6. The normalized spacial score (nSPS) is 10.7. The highest BCUT2D eigenvalue weighted by Gasteiger charge is 2.13. The van der Waals surface area contributed by atoms with Crippen LogP contribution in [-0.4, -0.2) is 15.3 Å². The Bertz CT molecular complexity index is 1300. The van der Waals surface area contributed by atoms with Gasteiger partial charge in [-0.2, -0.15) is 0 Å². The van der Waals surface area contributed by atoms with Crippen molar-refractivity contribution in [2.24, 2.45) is 0 Å². The number of carbonyl (C=O) groups is 1. The molecule has 1 amide bonds. The number of aryl methyl sites for hydroxylation is 1. The van der Waals surface area contributed by atoms with Crippen molar-refractivity contribution < 1.29 is 9.53 Å². The third-order valence-corrected chi connectivity index (χ3v) is 4.83. The number of halogens is 1. The first-order chi connectivity index (χ1) is 14.5. The molecule has 1 N–H and O–H groups in total. The average Bonchev–Trinajstić information content (AvgIpc) is 2.73. The Balaban J connectivity index is 1.55. The second kappa shape index (κ2) is 8.39. The summed E-state index contributed by atoms with van der Waals surface area (Å²) in [6.07, 6.45) is 1.70. The number of para-hydroxylation sites is 2. The summed E-state index contributed by atoms with van der Waals surface area (Å²) in [6.45, 7) is 2.02. The number of pyridine rings is 1. The van der Waals surface area contributed by atoms with Gasteiger partial charge in [0.05, 0.1) is 22.0 Å². The second-order valence-electron chi connectivity index (χ2n) is 6.74. The van der Waals surface area contributed by atoms with Gasteiger partial charge >= 0.3 is 0 Å². The number of nitrogens with zero attached hydrogens (tertiary/aromatic N) is 2. The van der Waals surface area contributed by atoms with Crippen LogP contribution in [0.15, 0.2) is 77.7 Å². The Labute approximate surface area is 177 Å². The maximum Gasteiger partial charge on any atom is 0.258 e. The van der Waals surface area contributed by atoms with Crippen molar-refractivity contribution in [3.63, 3.8) is 0 Å². The fourth-order valence-corrected chi connectivity index (χ4v) is 3.23. The molecule has 0 fully saturated rings. The monoisotopic (exact) mass is 419 g/mol. The summed E-state index contributed by atoms with van der Waals surface area (Å²) in [5.74, 6) is 0.123. The van der Waals surface area contributed by atoms with Crippen LogP contribution in [0.25, 0.3) is 5.65 Å². The number of hydrogen-bond donors (Lipinski definition) is 1. The van der Waals surface area contributed by atoms with Gasteiger partial charge < -0.3 is 10.1 Å². The van der Waals surface area contributed by atoms with Gasteiger partial charge in [0, 0.05) is 12.3 Å². The van der Waals surface area contributed by atoms with Gasteiger partial charge in [-0.1, -0.05) is 35.9 Å². The van der Waals surface area contributed by atoms with E-state index in [0.717, 1.165) is 5.56 Å². The van der Waals surface area contributed by atoms with Crippen LogP contribution in [0.3, 0.4) is 0 Å². The molecule has 0 aliphatic heterocycles. The second-order valence-corrected chi connectivity index (χ2v) is 7.14. The van der Waals surface area contributed by atoms with Crippen LogP contribution >= 0.6 is 11.6 Å². The number of rotatable bonds is 5. The molecular weight excluding hydrogens is 402 g/mol. The molecule has 7 heteroatoms. The van der Waals surface area contributed by atoms with Gasteiger partial charge in [0.15, 0.2) is 0 Å². The zero-order chi connectivity index (χ0) is 21.1. The minimum atomic E-state index is -0.339. The molecule has 0 spiro atoms. The SMILES string of the molecule is Cc1ccn2c(=O)cc(COc3ccccc3NC(=O)c3ccccc3Cl)nc2c1. The van der Waals surface area contributed by atoms with Crippen molar-refractivity contribution >= 4 is 28.8 Å². The van der Waals surface area contributed by atoms with Gasteiger partial charge in [0.2, 0.25) is 0 Å². The number of benzene rings is 2. The van der Waals surface area contributed by atoms with E-state index in [1.165, 1.54) is 10.5 Å². The van der Waals surface area contributed by atoms with E-state index in [1.807, 2.05) is 19.1 Å². The molecule has 0 saturated heterocycles. The third kappa shape index (κ3) is 4.18. The lowest BCUT2D eigenvalue weighted by molar-refractivity contribution is 0.102. The molecule has 0 radical (unpaired) electrons. The minimum absolute atomic E-state index is 0.0820. The van der Waals surface area contributed by atoms with Gasteiger partial charge in [-0.3, -0.25) is 14.0 Å². The summed E-state index contributed by atoms with van der Waals surface area (Å²) < 4.78 is 7.35. The van der Waals surface area contributed by atoms with Crippen LogP contribution in [0, 0.1) is 6.92 Å². The number of carbonyl (C=O) groups excluding carboxylic acids is 1. The number of nitrogens with one attached hydrogen (secondary N) is 1. The number of fused-ring (bicyclic) bond motifs is 1. The molecule has 0 aliphatic carbocycles. The molecule has 0 bridgehead atoms. The van der Waals surface area contributed by atoms with Crippen LogP contribution in [-0.2, 0) is 6.61 Å². The Morgan fingerprint density at radius 2 is 1.87 bits per heavy atom. The predicted molar refractivity (Wildman–Crippen MR) is 116 cm³/mol. The van der Waals surface area contributed by atoms with Crippen LogP contribution < -0.4 is 15.6 Å². The largest absolute Gasteiger partial charge is 0.485 e. The van der Waals surface area contributed by atoms with Gasteiger partial charge in [0.25, 0.3) is 11.5 Å². The Morgan fingerprint density at radius 3 is 2.70 bits per heavy atom. The van der Waals surface area contributed by atoms with Crippen LogP contribution in [0.5, 0.6) is 5.75 Å². The smallest absolute Gasteiger partial charge is 0.258 e. The summed E-state index contributed by atoms with van der Waals surface area (Å²) >= 11 is 6.11. The fourth-order valence-electron chi connectivity index (χ4n) is 3.01. The first-order valence-corrected chi connectivity index (χ1v) is 9.66. The molecule has 0 unspecified atom stereocenters. The lowest BCUT2D eigenvalue weighted by Crippen LogP contribution is -2.17. The molecule has 30 heavy (non-hydrogen) atoms. The van der Waals surface area contributed by atoms with E-state index in [4.69, 9.17) is 16.3 Å². The summed E-state index contributed by atoms with van der Waals surface area (Å²) in [7, 11) is 0. The first kappa shape index (κ1) is 19.7. The molecule has 0 atom stereocenters. The van der Waals surface area contributed by atoms with Crippen LogP contribution in [0.4, 0.5) is 5.69 Å². The van der Waals surface area contributed by atoms with E-state index >= 15 is 0 Å². The van der Waals surface area contributed by atoms with Crippen molar-refractivity contribution in [1.82, 2.24) is 9.38 Å². The molecule has 4 rings (SSSR count). The number of hydrogen-bond acceptors (Lipinski definition) is 4. The highest BCUT2D eigenvalue weighted by atomic mass is 35.5. The number of ether oxygens (including phenoxy) is 1. The molecule has 2 heterocycles. The van der Waals surface area contributed by atoms with E-state index in [-0.39, 0.29) is 18.1 Å². The molecule has 0 saturated carbocycles. The lowest BCUT2D eigenvalue weighted by Gasteiger charge is -2.13. The third-order valence-electron chi connectivity index (χ3n) is 4.51. The van der Waals surface area contributed by atoms with Crippen LogP contribution in [0.1, 0.15) is 21.6 Å². The van der Waals surface area contributed by atoms with Crippen molar-refractivity contribution in [3.05, 3.63) is 105 Å². The summed E-state index contributed by atoms with van der Waals surface area (Å²) in [4.78, 5) is 29.4. The van der Waals surface area contributed by atoms with E-state index < -0.39 is 0 Å². The molecule has 6 nitrogen and oxygen atoms in total. The topological polar surface area (TPSA) is 72.7 Å². The fraction of sp³-hybridized carbons (Fsp3) is 0.0870. The quantitative estimate of drug-likeness (QED) is 0.517. The van der Waals surface area contributed by atoms with E-state index in [9.17, 15) is 9.59 Å². The van der Waals surface area contributed by atoms with Gasteiger partial charge in [-0.25, -0.2) is 4.98 Å². The summed E-state index contributed by atoms with van der Waals surface area (Å²) in [5, 5.41) is 3.18. The van der Waals surface area contributed by atoms with Gasteiger partial charge in [0.1, 0.15) is 18.0 Å². The molecule has 150 valence electrons. The highest BCUT2D eigenvalue weighted by Crippen LogP contribution is 2.26. The molecule has 0 aliphatic rings. The minimum Gasteiger partial charge on any atom is -0.485 e. The zero-order valence-corrected chi connectivity index (χ0v) is 16.9. The summed E-state index contributed by atoms with van der Waals surface area (Å²) in [6, 6.07) is 19.0. The van der Waals surface area contributed by atoms with Gasteiger partial charge in [-0.15, -0.1) is 0 Å². The molecule has 2 aromatic heterocycles. The number of anilines is 1. The van der Waals surface area contributed by atoms with E-state index in [1.54, 1.807) is 54.7 Å². The maximum atomic E-state index is 12.6. The first-order valence-electron chi connectivity index (χ1n) is 9.28. The number of aromatic nitrogens is 2. The van der Waals surface area contributed by atoms with Crippen molar-refractivity contribution in [3.8, 4) is 5.75 Å². The zero-order valence-electron chi connectivity index (χ0n) is 16.1.